The van der Waals surface area contributed by atoms with E-state index in [-0.39, 0.29) is 35.6 Å². The first-order valence-electron chi connectivity index (χ1n) is 12.2. The number of carbonyl (C=O) groups is 3. The Morgan fingerprint density at radius 1 is 0.861 bits per heavy atom. The maximum absolute atomic E-state index is 13.4. The Morgan fingerprint density at radius 2 is 1.50 bits per heavy atom. The van der Waals surface area contributed by atoms with Gasteiger partial charge in [0, 0.05) is 61.7 Å². The van der Waals surface area contributed by atoms with E-state index in [1.807, 2.05) is 21.9 Å². The Morgan fingerprint density at radius 3 is 2.11 bits per heavy atom. The summed E-state index contributed by atoms with van der Waals surface area (Å²) in [4.78, 5) is 43.9. The van der Waals surface area contributed by atoms with E-state index in [1.54, 1.807) is 49.2 Å². The third kappa shape index (κ3) is 5.82. The van der Waals surface area contributed by atoms with Crippen LogP contribution < -0.4 is 0 Å². The number of Topliss-reactive ketones (excluding diaryl/α,β-unsaturated/α-hetero) is 1. The number of likely N-dealkylation sites (tertiary alicyclic amines) is 2. The third-order valence-corrected chi connectivity index (χ3v) is 8.46. The second-order valence-corrected chi connectivity index (χ2v) is 10.9. The third-order valence-electron chi connectivity index (χ3n) is 7.47. The molecule has 0 aromatic heterocycles. The molecule has 2 saturated heterocycles. The number of halogens is 3. The summed E-state index contributed by atoms with van der Waals surface area (Å²) in [7, 11) is 1.80. The Kier molecular flexibility index (Phi) is 8.48. The molecule has 0 radical (unpaired) electrons. The number of hydrogen-bond donors (Lipinski definition) is 0. The molecule has 192 valence electrons. The number of rotatable bonds is 4. The van der Waals surface area contributed by atoms with Gasteiger partial charge in [-0.3, -0.25) is 9.59 Å². The summed E-state index contributed by atoms with van der Waals surface area (Å²) in [6, 6.07) is 12.2. The maximum atomic E-state index is 13.4. The zero-order valence-electron chi connectivity index (χ0n) is 20.4. The number of piperidine rings is 2. The summed E-state index contributed by atoms with van der Waals surface area (Å²) in [6.45, 7) is 3.76. The fourth-order valence-electron chi connectivity index (χ4n) is 5.27. The molecule has 0 unspecified atom stereocenters. The average Bonchev–Trinajstić information content (AvgIpc) is 2.89. The lowest BCUT2D eigenvalue weighted by molar-refractivity contribution is -0.121. The monoisotopic (exact) mass is 549 g/mol. The van der Waals surface area contributed by atoms with Crippen molar-refractivity contribution in [1.29, 1.82) is 0 Å². The van der Waals surface area contributed by atoms with Gasteiger partial charge in [0.15, 0.2) is 0 Å². The Bertz CT molecular complexity index is 1130. The molecular formula is C27H30Cl3N3O3. The van der Waals surface area contributed by atoms with E-state index < -0.39 is 0 Å². The van der Waals surface area contributed by atoms with Gasteiger partial charge in [-0.2, -0.15) is 0 Å². The number of ketones is 1. The van der Waals surface area contributed by atoms with Crippen LogP contribution in [0.15, 0.2) is 42.5 Å². The Labute approximate surface area is 227 Å². The standard InChI is InChI=1S/C27H30Cl3N3O3/c1-17(34)18-9-12-32(13-10-18)27(36)33-14-11-25(22(16-33)20-5-8-23(29)24(30)15-20)31(2)26(35)19-3-6-21(28)7-4-19/h3-8,15,18,22,25H,9-14,16H2,1-2H3/t22-,25+/m0/s1. The fourth-order valence-corrected chi connectivity index (χ4v) is 5.70. The van der Waals surface area contributed by atoms with Crippen LogP contribution >= 0.6 is 34.8 Å². The number of likely N-dealkylation sites (N-methyl/N-ethyl adjacent to an activating group) is 1. The molecule has 0 aliphatic carbocycles. The molecule has 2 aliphatic rings. The molecule has 2 aliphatic heterocycles. The van der Waals surface area contributed by atoms with E-state index in [4.69, 9.17) is 34.8 Å². The lowest BCUT2D eigenvalue weighted by atomic mass is 9.84. The molecule has 0 N–H and O–H groups in total. The number of urea groups is 1. The lowest BCUT2D eigenvalue weighted by Crippen LogP contribution is -2.55. The maximum Gasteiger partial charge on any atom is 0.320 e. The topological polar surface area (TPSA) is 60.9 Å². The van der Waals surface area contributed by atoms with Crippen LogP contribution in [0.4, 0.5) is 4.79 Å². The molecule has 2 fully saturated rings. The highest BCUT2D eigenvalue weighted by Gasteiger charge is 2.38. The van der Waals surface area contributed by atoms with Crippen LogP contribution in [0.1, 0.15) is 48.0 Å². The Balaban J connectivity index is 1.55. The summed E-state index contributed by atoms with van der Waals surface area (Å²) >= 11 is 18.5. The van der Waals surface area contributed by atoms with Crippen molar-refractivity contribution in [2.75, 3.05) is 33.2 Å². The molecular weight excluding hydrogens is 521 g/mol. The van der Waals surface area contributed by atoms with Crippen LogP contribution in [0.3, 0.4) is 0 Å². The minimum Gasteiger partial charge on any atom is -0.338 e. The van der Waals surface area contributed by atoms with Gasteiger partial charge in [0.2, 0.25) is 0 Å². The van der Waals surface area contributed by atoms with Crippen molar-refractivity contribution in [3.63, 3.8) is 0 Å². The predicted molar refractivity (Wildman–Crippen MR) is 143 cm³/mol. The van der Waals surface area contributed by atoms with Crippen LogP contribution in [0.5, 0.6) is 0 Å². The van der Waals surface area contributed by atoms with Gasteiger partial charge >= 0.3 is 6.03 Å². The van der Waals surface area contributed by atoms with Gasteiger partial charge in [-0.05, 0) is 68.1 Å². The highest BCUT2D eigenvalue weighted by molar-refractivity contribution is 6.42. The first-order valence-corrected chi connectivity index (χ1v) is 13.3. The van der Waals surface area contributed by atoms with Gasteiger partial charge in [-0.15, -0.1) is 0 Å². The van der Waals surface area contributed by atoms with Gasteiger partial charge in [0.25, 0.3) is 5.91 Å². The second kappa shape index (κ2) is 11.4. The van der Waals surface area contributed by atoms with Crippen molar-refractivity contribution in [2.45, 2.75) is 38.1 Å². The average molecular weight is 551 g/mol. The van der Waals surface area contributed by atoms with E-state index in [9.17, 15) is 14.4 Å². The van der Waals surface area contributed by atoms with E-state index in [1.165, 1.54) is 0 Å². The van der Waals surface area contributed by atoms with Crippen molar-refractivity contribution in [1.82, 2.24) is 14.7 Å². The molecule has 0 spiro atoms. The largest absolute Gasteiger partial charge is 0.338 e. The van der Waals surface area contributed by atoms with Crippen molar-refractivity contribution >= 4 is 52.5 Å². The first kappa shape index (κ1) is 26.8. The molecule has 0 saturated carbocycles. The van der Waals surface area contributed by atoms with Crippen LogP contribution in [0.25, 0.3) is 0 Å². The zero-order chi connectivity index (χ0) is 26.0. The molecule has 6 nitrogen and oxygen atoms in total. The van der Waals surface area contributed by atoms with E-state index >= 15 is 0 Å². The number of carbonyl (C=O) groups excluding carboxylic acids is 3. The minimum atomic E-state index is -0.145. The minimum absolute atomic E-state index is 0.0211. The summed E-state index contributed by atoms with van der Waals surface area (Å²) in [6.07, 6.45) is 2.02. The molecule has 3 amide bonds. The summed E-state index contributed by atoms with van der Waals surface area (Å²) in [5, 5.41) is 1.47. The van der Waals surface area contributed by atoms with Gasteiger partial charge in [-0.25, -0.2) is 4.79 Å². The first-order chi connectivity index (χ1) is 17.2. The van der Waals surface area contributed by atoms with Crippen molar-refractivity contribution < 1.29 is 14.4 Å². The normalized spacial score (nSPS) is 20.8. The molecule has 4 rings (SSSR count). The smallest absolute Gasteiger partial charge is 0.320 e. The lowest BCUT2D eigenvalue weighted by Gasteiger charge is -2.44. The molecule has 0 bridgehead atoms. The van der Waals surface area contributed by atoms with E-state index in [0.717, 1.165) is 5.56 Å². The van der Waals surface area contributed by atoms with Crippen LogP contribution in [0, 0.1) is 5.92 Å². The van der Waals surface area contributed by atoms with Gasteiger partial charge < -0.3 is 14.7 Å². The van der Waals surface area contributed by atoms with Crippen LogP contribution in [-0.4, -0.2) is 71.7 Å². The van der Waals surface area contributed by atoms with E-state index in [0.29, 0.717) is 66.1 Å². The SMILES string of the molecule is CC(=O)C1CCN(C(=O)N2CC[C@@H](N(C)C(=O)c3ccc(Cl)cc3)[C@H](c3ccc(Cl)c(Cl)c3)C2)CC1. The summed E-state index contributed by atoms with van der Waals surface area (Å²) < 4.78 is 0. The zero-order valence-corrected chi connectivity index (χ0v) is 22.7. The molecule has 2 atom stereocenters. The molecule has 36 heavy (non-hydrogen) atoms. The van der Waals surface area contributed by atoms with Crippen molar-refractivity contribution in [3.05, 3.63) is 68.7 Å². The van der Waals surface area contributed by atoms with Gasteiger partial charge in [-0.1, -0.05) is 40.9 Å². The van der Waals surface area contributed by atoms with Crippen LogP contribution in [0.2, 0.25) is 15.1 Å². The number of amides is 3. The summed E-state index contributed by atoms with van der Waals surface area (Å²) in [5.41, 5.74) is 1.49. The fraction of sp³-hybridized carbons (Fsp3) is 0.444. The highest BCUT2D eigenvalue weighted by atomic mass is 35.5. The predicted octanol–water partition coefficient (Wildman–Crippen LogP) is 6.00. The van der Waals surface area contributed by atoms with Crippen molar-refractivity contribution in [2.24, 2.45) is 5.92 Å². The Hall–Kier alpha value is -2.28. The second-order valence-electron chi connectivity index (χ2n) is 9.66. The molecule has 2 aromatic rings. The quantitative estimate of drug-likeness (QED) is 0.469. The number of benzene rings is 2. The highest BCUT2D eigenvalue weighted by Crippen LogP contribution is 2.35. The summed E-state index contributed by atoms with van der Waals surface area (Å²) in [5.74, 6) is -0.0199. The number of nitrogens with zero attached hydrogens (tertiary/aromatic N) is 3. The molecule has 2 aromatic carbocycles. The van der Waals surface area contributed by atoms with Crippen LogP contribution in [-0.2, 0) is 4.79 Å². The van der Waals surface area contributed by atoms with Crippen molar-refractivity contribution in [3.8, 4) is 0 Å². The molecule has 9 heteroatoms. The van der Waals surface area contributed by atoms with Gasteiger partial charge in [0.1, 0.15) is 5.78 Å². The number of hydrogen-bond acceptors (Lipinski definition) is 3. The molecule has 2 heterocycles. The van der Waals surface area contributed by atoms with Gasteiger partial charge in [0.05, 0.1) is 10.0 Å². The van der Waals surface area contributed by atoms with E-state index in [2.05, 4.69) is 0 Å².